The fourth-order valence-electron chi connectivity index (χ4n) is 4.41. The lowest BCUT2D eigenvalue weighted by molar-refractivity contribution is -0.134. The number of benzene rings is 2. The molecular weight excluding hydrogens is 382 g/mol. The highest BCUT2D eigenvalue weighted by Crippen LogP contribution is 2.37. The van der Waals surface area contributed by atoms with E-state index in [0.29, 0.717) is 18.0 Å². The van der Waals surface area contributed by atoms with Crippen molar-refractivity contribution >= 4 is 23.2 Å². The van der Waals surface area contributed by atoms with Gasteiger partial charge in [-0.1, -0.05) is 60.0 Å². The Hall–Kier alpha value is -2.17. The third kappa shape index (κ3) is 4.39. The van der Waals surface area contributed by atoms with E-state index in [0.717, 1.165) is 42.8 Å². The number of nitrogens with zero attached hydrogens (tertiary/aromatic N) is 3. The minimum Gasteiger partial charge on any atom is -0.294 e. The van der Waals surface area contributed by atoms with E-state index in [1.54, 1.807) is 5.01 Å². The Labute approximate surface area is 178 Å². The standard InChI is InChI=1S/C24H28ClN3O/c1-17-10-11-19(18(2)14-17)22-15-23(20-8-4-5-9-21(20)25)28(26-22)24(29)16-27-12-6-3-7-13-27/h4-5,8-11,14,23H,3,6-7,12-13,15-16H2,1-2H3/t23-/m1/s1. The number of carbonyl (C=O) groups excluding carboxylic acids is 1. The summed E-state index contributed by atoms with van der Waals surface area (Å²) in [6.07, 6.45) is 4.27. The van der Waals surface area contributed by atoms with Crippen LogP contribution >= 0.6 is 11.6 Å². The summed E-state index contributed by atoms with van der Waals surface area (Å²) in [7, 11) is 0. The van der Waals surface area contributed by atoms with E-state index < -0.39 is 0 Å². The van der Waals surface area contributed by atoms with Crippen molar-refractivity contribution in [1.29, 1.82) is 0 Å². The van der Waals surface area contributed by atoms with Gasteiger partial charge in [0.05, 0.1) is 18.3 Å². The van der Waals surface area contributed by atoms with Crippen LogP contribution in [-0.2, 0) is 4.79 Å². The molecule has 2 heterocycles. The quantitative estimate of drug-likeness (QED) is 0.702. The molecule has 0 bridgehead atoms. The van der Waals surface area contributed by atoms with Gasteiger partial charge in [-0.2, -0.15) is 5.10 Å². The van der Waals surface area contributed by atoms with Crippen molar-refractivity contribution in [3.05, 3.63) is 69.7 Å². The van der Waals surface area contributed by atoms with Gasteiger partial charge in [0, 0.05) is 17.0 Å². The number of carbonyl (C=O) groups is 1. The second-order valence-electron chi connectivity index (χ2n) is 8.18. The van der Waals surface area contributed by atoms with Crippen LogP contribution in [0.1, 0.15) is 54.0 Å². The van der Waals surface area contributed by atoms with E-state index in [1.165, 1.54) is 17.5 Å². The highest BCUT2D eigenvalue weighted by atomic mass is 35.5. The second kappa shape index (κ2) is 8.68. The van der Waals surface area contributed by atoms with Crippen LogP contribution in [0, 0.1) is 13.8 Å². The number of rotatable bonds is 4. The largest absolute Gasteiger partial charge is 0.294 e. The predicted molar refractivity (Wildman–Crippen MR) is 118 cm³/mol. The van der Waals surface area contributed by atoms with Crippen LogP contribution in [-0.4, -0.2) is 41.2 Å². The first-order valence-electron chi connectivity index (χ1n) is 10.5. The SMILES string of the molecule is Cc1ccc(C2=NN(C(=O)CN3CCCCC3)[C@@H](c3ccccc3Cl)C2)c(C)c1. The van der Waals surface area contributed by atoms with Crippen molar-refractivity contribution in [2.75, 3.05) is 19.6 Å². The Morgan fingerprint density at radius 2 is 1.86 bits per heavy atom. The molecule has 1 fully saturated rings. The lowest BCUT2D eigenvalue weighted by Gasteiger charge is -2.29. The zero-order valence-corrected chi connectivity index (χ0v) is 18.0. The summed E-state index contributed by atoms with van der Waals surface area (Å²) < 4.78 is 0. The zero-order valence-electron chi connectivity index (χ0n) is 17.2. The Balaban J connectivity index is 1.65. The summed E-state index contributed by atoms with van der Waals surface area (Å²) in [4.78, 5) is 15.5. The number of hydrogen-bond acceptors (Lipinski definition) is 3. The first-order chi connectivity index (χ1) is 14.0. The molecule has 0 N–H and O–H groups in total. The molecule has 4 nitrogen and oxygen atoms in total. The summed E-state index contributed by atoms with van der Waals surface area (Å²) in [6, 6.07) is 14.0. The number of amides is 1. The minimum absolute atomic E-state index is 0.0524. The summed E-state index contributed by atoms with van der Waals surface area (Å²) in [5, 5.41) is 7.20. The van der Waals surface area contributed by atoms with E-state index in [4.69, 9.17) is 16.7 Å². The van der Waals surface area contributed by atoms with Gasteiger partial charge in [0.2, 0.25) is 0 Å². The lowest BCUT2D eigenvalue weighted by Crippen LogP contribution is -2.40. The molecule has 2 aliphatic rings. The number of piperidine rings is 1. The van der Waals surface area contributed by atoms with Gasteiger partial charge < -0.3 is 0 Å². The van der Waals surface area contributed by atoms with Crippen LogP contribution in [0.3, 0.4) is 0 Å². The zero-order chi connectivity index (χ0) is 20.4. The van der Waals surface area contributed by atoms with E-state index in [2.05, 4.69) is 36.9 Å². The first kappa shape index (κ1) is 20.1. The maximum absolute atomic E-state index is 13.3. The Morgan fingerprint density at radius 1 is 1.10 bits per heavy atom. The summed E-state index contributed by atoms with van der Waals surface area (Å²) in [6.45, 7) is 6.60. The molecule has 152 valence electrons. The van der Waals surface area contributed by atoms with Crippen molar-refractivity contribution < 1.29 is 4.79 Å². The lowest BCUT2D eigenvalue weighted by atomic mass is 9.95. The van der Waals surface area contributed by atoms with Crippen LogP contribution in [0.5, 0.6) is 0 Å². The topological polar surface area (TPSA) is 35.9 Å². The van der Waals surface area contributed by atoms with E-state index >= 15 is 0 Å². The Kier molecular flexibility index (Phi) is 6.02. The molecule has 0 saturated carbocycles. The molecule has 29 heavy (non-hydrogen) atoms. The predicted octanol–water partition coefficient (Wildman–Crippen LogP) is 5.12. The second-order valence-corrected chi connectivity index (χ2v) is 8.59. The molecule has 2 aromatic carbocycles. The summed E-state index contributed by atoms with van der Waals surface area (Å²) >= 11 is 6.51. The van der Waals surface area contributed by atoms with Crippen LogP contribution in [0.2, 0.25) is 5.02 Å². The molecule has 1 saturated heterocycles. The van der Waals surface area contributed by atoms with Gasteiger partial charge in [-0.15, -0.1) is 0 Å². The van der Waals surface area contributed by atoms with Gasteiger partial charge in [-0.3, -0.25) is 9.69 Å². The van der Waals surface area contributed by atoms with Crippen molar-refractivity contribution in [1.82, 2.24) is 9.91 Å². The summed E-state index contributed by atoms with van der Waals surface area (Å²) in [5.74, 6) is 0.0524. The van der Waals surface area contributed by atoms with Crippen molar-refractivity contribution in [3.8, 4) is 0 Å². The molecule has 2 aliphatic heterocycles. The maximum atomic E-state index is 13.3. The maximum Gasteiger partial charge on any atom is 0.257 e. The summed E-state index contributed by atoms with van der Waals surface area (Å²) in [5.41, 5.74) is 5.45. The highest BCUT2D eigenvalue weighted by molar-refractivity contribution is 6.31. The van der Waals surface area contributed by atoms with Crippen molar-refractivity contribution in [3.63, 3.8) is 0 Å². The van der Waals surface area contributed by atoms with E-state index in [-0.39, 0.29) is 11.9 Å². The molecule has 0 radical (unpaired) electrons. The van der Waals surface area contributed by atoms with Crippen LogP contribution in [0.15, 0.2) is 47.6 Å². The molecule has 0 aromatic heterocycles. The molecule has 0 aliphatic carbocycles. The molecule has 0 unspecified atom stereocenters. The molecule has 1 atom stereocenters. The normalized spacial score (nSPS) is 20.0. The molecule has 1 amide bonds. The fourth-order valence-corrected chi connectivity index (χ4v) is 4.67. The van der Waals surface area contributed by atoms with Crippen molar-refractivity contribution in [2.45, 2.75) is 45.6 Å². The Bertz CT molecular complexity index is 933. The van der Waals surface area contributed by atoms with Crippen LogP contribution in [0.4, 0.5) is 0 Å². The van der Waals surface area contributed by atoms with E-state index in [9.17, 15) is 4.79 Å². The first-order valence-corrected chi connectivity index (χ1v) is 10.8. The Morgan fingerprint density at radius 3 is 2.59 bits per heavy atom. The van der Waals surface area contributed by atoms with Gasteiger partial charge >= 0.3 is 0 Å². The van der Waals surface area contributed by atoms with Gasteiger partial charge in [0.15, 0.2) is 0 Å². The molecular formula is C24H28ClN3O. The van der Waals surface area contributed by atoms with Gasteiger partial charge in [-0.05, 0) is 57.0 Å². The van der Waals surface area contributed by atoms with E-state index in [1.807, 2.05) is 24.3 Å². The third-order valence-electron chi connectivity index (χ3n) is 5.93. The average molecular weight is 410 g/mol. The van der Waals surface area contributed by atoms with Crippen LogP contribution in [0.25, 0.3) is 0 Å². The molecule has 4 rings (SSSR count). The van der Waals surface area contributed by atoms with Gasteiger partial charge in [0.1, 0.15) is 0 Å². The van der Waals surface area contributed by atoms with Gasteiger partial charge in [-0.25, -0.2) is 5.01 Å². The average Bonchev–Trinajstić information content (AvgIpc) is 3.14. The third-order valence-corrected chi connectivity index (χ3v) is 6.27. The molecule has 0 spiro atoms. The minimum atomic E-state index is -0.156. The highest BCUT2D eigenvalue weighted by Gasteiger charge is 2.35. The van der Waals surface area contributed by atoms with Gasteiger partial charge in [0.25, 0.3) is 5.91 Å². The molecule has 2 aromatic rings. The number of aryl methyl sites for hydroxylation is 2. The van der Waals surface area contributed by atoms with Crippen LogP contribution < -0.4 is 0 Å². The molecule has 5 heteroatoms. The van der Waals surface area contributed by atoms with Crippen molar-refractivity contribution in [2.24, 2.45) is 5.10 Å². The number of likely N-dealkylation sites (tertiary alicyclic amines) is 1. The number of hydrogen-bond donors (Lipinski definition) is 0. The monoisotopic (exact) mass is 409 g/mol. The number of halogens is 1. The number of hydrazone groups is 1. The fraction of sp³-hybridized carbons (Fsp3) is 0.417. The smallest absolute Gasteiger partial charge is 0.257 e.